The van der Waals surface area contributed by atoms with Gasteiger partial charge in [-0.05, 0) is 116 Å². The summed E-state index contributed by atoms with van der Waals surface area (Å²) in [6.07, 6.45) is 1.20. The molecule has 2 N–H and O–H groups in total. The third-order valence-corrected chi connectivity index (χ3v) is 17.2. The van der Waals surface area contributed by atoms with Crippen molar-refractivity contribution in [3.05, 3.63) is 117 Å². The summed E-state index contributed by atoms with van der Waals surface area (Å²) in [7, 11) is 0. The first-order chi connectivity index (χ1) is 34.0. The third kappa shape index (κ3) is 9.61. The first-order valence-corrected chi connectivity index (χ1v) is 25.1. The number of allylic oxidation sites excluding steroid dienone is 2. The Bertz CT molecular complexity index is 2810. The normalized spacial score (nSPS) is 31.2. The van der Waals surface area contributed by atoms with E-state index < -0.39 is 80.7 Å². The van der Waals surface area contributed by atoms with Gasteiger partial charge in [-0.15, -0.1) is 0 Å². The van der Waals surface area contributed by atoms with Crippen LogP contribution in [0.25, 0.3) is 22.5 Å². The summed E-state index contributed by atoms with van der Waals surface area (Å²) in [6, 6.07) is 20.7. The summed E-state index contributed by atoms with van der Waals surface area (Å²) in [5, 5.41) is 22.6. The number of aliphatic hydroxyl groups is 2. The zero-order valence-corrected chi connectivity index (χ0v) is 41.9. The van der Waals surface area contributed by atoms with E-state index in [1.807, 2.05) is 62.4 Å². The van der Waals surface area contributed by atoms with E-state index in [1.165, 1.54) is 0 Å². The number of alkyl halides is 3. The lowest BCUT2D eigenvalue weighted by Gasteiger charge is -2.66. The van der Waals surface area contributed by atoms with Gasteiger partial charge in [-0.25, -0.2) is 4.79 Å². The number of benzene rings is 2. The van der Waals surface area contributed by atoms with Crippen LogP contribution in [0.3, 0.4) is 0 Å². The van der Waals surface area contributed by atoms with Crippen LogP contribution in [-0.2, 0) is 35.2 Å². The molecule has 0 amide bonds. The number of esters is 3. The monoisotopic (exact) mass is 1020 g/mol. The van der Waals surface area contributed by atoms with E-state index in [2.05, 4.69) is 11.9 Å². The van der Waals surface area contributed by atoms with E-state index in [0.717, 1.165) is 54.0 Å². The van der Waals surface area contributed by atoms with E-state index in [-0.39, 0.29) is 66.4 Å². The molecule has 16 heteroatoms. The van der Waals surface area contributed by atoms with Gasteiger partial charge in [-0.1, -0.05) is 93.9 Å². The molecule has 0 radical (unpaired) electrons. The quantitative estimate of drug-likeness (QED) is 0.108. The number of carbonyl (C=O) groups excluding carboxylic acids is 3. The second-order valence-corrected chi connectivity index (χ2v) is 22.4. The van der Waals surface area contributed by atoms with Gasteiger partial charge in [-0.2, -0.15) is 13.2 Å². The summed E-state index contributed by atoms with van der Waals surface area (Å²) < 4.78 is 67.7. The number of aromatic nitrogens is 1. The average Bonchev–Trinajstić information content (AvgIpc) is 4.24. The SMILES string of the molecule is C[C@]1(COC(=O)C2CC2)[C@@H]2C[C@H](O)[C@@]3(C)Oc4cc(-c5cccnc5)oc(=O)c4[C@H](O)[C@@H]3[C@@]2(C)CC[C@@H]1OC(=O)C1CC1.Cc1c(COC(=O)C2C(/C=C(\Cl)C(F)(F)F)C2(C)C)cccc1-c1ccccc1. The molecular weight excluding hydrogens is 955 g/mol. The largest absolute Gasteiger partial charge is 0.484 e. The highest BCUT2D eigenvalue weighted by molar-refractivity contribution is 6.30. The lowest BCUT2D eigenvalue weighted by atomic mass is 9.42. The van der Waals surface area contributed by atoms with Crippen molar-refractivity contribution in [1.29, 1.82) is 0 Å². The van der Waals surface area contributed by atoms with Crippen LogP contribution in [0.1, 0.15) is 102 Å². The zero-order valence-electron chi connectivity index (χ0n) is 41.2. The van der Waals surface area contributed by atoms with Crippen LogP contribution in [0.15, 0.2) is 99.4 Å². The van der Waals surface area contributed by atoms with Crippen molar-refractivity contribution < 1.29 is 61.1 Å². The number of rotatable bonds is 11. The minimum atomic E-state index is -4.61. The van der Waals surface area contributed by atoms with Crippen LogP contribution >= 0.6 is 11.6 Å². The van der Waals surface area contributed by atoms with Crippen molar-refractivity contribution in [3.8, 4) is 28.2 Å². The Hall–Kier alpha value is -5.51. The minimum Gasteiger partial charge on any atom is -0.484 e. The molecular formula is C56H61ClF3NO11. The van der Waals surface area contributed by atoms with Gasteiger partial charge in [0.15, 0.2) is 0 Å². The molecule has 10 atom stereocenters. The maximum Gasteiger partial charge on any atom is 0.426 e. The fourth-order valence-corrected chi connectivity index (χ4v) is 12.3. The Morgan fingerprint density at radius 2 is 1.56 bits per heavy atom. The van der Waals surface area contributed by atoms with Crippen molar-refractivity contribution in [2.75, 3.05) is 6.61 Å². The molecule has 0 saturated heterocycles. The van der Waals surface area contributed by atoms with Gasteiger partial charge < -0.3 is 33.6 Å². The number of ether oxygens (including phenoxy) is 4. The Labute approximate surface area is 421 Å². The molecule has 6 aliphatic rings. The lowest BCUT2D eigenvalue weighted by molar-refractivity contribution is -0.267. The van der Waals surface area contributed by atoms with Crippen molar-refractivity contribution in [2.45, 2.75) is 123 Å². The molecule has 2 unspecified atom stereocenters. The van der Waals surface area contributed by atoms with Gasteiger partial charge in [-0.3, -0.25) is 19.4 Å². The molecule has 4 aromatic rings. The van der Waals surface area contributed by atoms with Crippen LogP contribution in [0.5, 0.6) is 5.75 Å². The highest BCUT2D eigenvalue weighted by Crippen LogP contribution is 2.67. The van der Waals surface area contributed by atoms with Crippen molar-refractivity contribution >= 4 is 29.5 Å². The molecule has 10 rings (SSSR count). The number of hydrogen-bond acceptors (Lipinski definition) is 12. The molecule has 72 heavy (non-hydrogen) atoms. The zero-order chi connectivity index (χ0) is 51.7. The maximum absolute atomic E-state index is 13.4. The molecule has 2 aromatic heterocycles. The van der Waals surface area contributed by atoms with E-state index in [4.69, 9.17) is 35.0 Å². The average molecular weight is 1020 g/mol. The van der Waals surface area contributed by atoms with E-state index in [9.17, 15) is 42.6 Å². The predicted molar refractivity (Wildman–Crippen MR) is 259 cm³/mol. The lowest BCUT2D eigenvalue weighted by Crippen LogP contribution is -2.71. The van der Waals surface area contributed by atoms with Crippen molar-refractivity contribution in [1.82, 2.24) is 4.98 Å². The van der Waals surface area contributed by atoms with Crippen molar-refractivity contribution in [2.24, 2.45) is 51.8 Å². The maximum atomic E-state index is 13.4. The van der Waals surface area contributed by atoms with Crippen molar-refractivity contribution in [3.63, 3.8) is 0 Å². The fourth-order valence-electron chi connectivity index (χ4n) is 12.2. The Morgan fingerprint density at radius 3 is 2.21 bits per heavy atom. The smallest absolute Gasteiger partial charge is 0.426 e. The van der Waals surface area contributed by atoms with Crippen LogP contribution in [0, 0.1) is 58.7 Å². The number of halogens is 4. The highest BCUT2D eigenvalue weighted by atomic mass is 35.5. The molecule has 5 saturated carbocycles. The Balaban J connectivity index is 0.000000193. The highest BCUT2D eigenvalue weighted by Gasteiger charge is 2.70. The molecule has 3 heterocycles. The van der Waals surface area contributed by atoms with Gasteiger partial charge in [0.2, 0.25) is 0 Å². The van der Waals surface area contributed by atoms with Gasteiger partial charge >= 0.3 is 29.7 Å². The van der Waals surface area contributed by atoms with Crippen LogP contribution in [-0.4, -0.2) is 63.7 Å². The minimum absolute atomic E-state index is 0.0216. The molecule has 12 nitrogen and oxygen atoms in total. The van der Waals surface area contributed by atoms with Gasteiger partial charge in [0.1, 0.15) is 47.0 Å². The number of hydrogen-bond donors (Lipinski definition) is 2. The summed E-state index contributed by atoms with van der Waals surface area (Å²) in [4.78, 5) is 55.6. The summed E-state index contributed by atoms with van der Waals surface area (Å²) >= 11 is 5.34. The molecule has 0 spiro atoms. The Kier molecular flexibility index (Phi) is 13.6. The predicted octanol–water partition coefficient (Wildman–Crippen LogP) is 10.6. The van der Waals surface area contributed by atoms with E-state index in [0.29, 0.717) is 18.4 Å². The molecule has 2 aromatic carbocycles. The van der Waals surface area contributed by atoms with Crippen LogP contribution in [0.4, 0.5) is 13.2 Å². The molecule has 1 aliphatic heterocycles. The first-order valence-electron chi connectivity index (χ1n) is 24.7. The molecule has 5 fully saturated rings. The summed E-state index contributed by atoms with van der Waals surface area (Å²) in [6.45, 7) is 11.3. The second-order valence-electron chi connectivity index (χ2n) is 22.0. The van der Waals surface area contributed by atoms with Gasteiger partial charge in [0.25, 0.3) is 0 Å². The molecule has 0 bridgehead atoms. The van der Waals surface area contributed by atoms with Gasteiger partial charge in [0, 0.05) is 35.4 Å². The number of carbonyl (C=O) groups is 3. The molecule has 384 valence electrons. The number of aliphatic hydroxyl groups excluding tert-OH is 2. The summed E-state index contributed by atoms with van der Waals surface area (Å²) in [5.41, 5.74) is 0.493. The van der Waals surface area contributed by atoms with Gasteiger partial charge in [0.05, 0.1) is 30.0 Å². The van der Waals surface area contributed by atoms with Crippen LogP contribution < -0.4 is 10.4 Å². The van der Waals surface area contributed by atoms with E-state index in [1.54, 1.807) is 51.4 Å². The number of nitrogens with zero attached hydrogens (tertiary/aromatic N) is 1. The Morgan fingerprint density at radius 1 is 0.875 bits per heavy atom. The fraction of sp³-hybridized carbons (Fsp3) is 0.518. The summed E-state index contributed by atoms with van der Waals surface area (Å²) in [5.74, 6) is -3.01. The standard InChI is InChI=1S/C33H39NO9.C23H22ClF3O2/c1-31-11-10-24(42-29(38)18-8-9-18)32(2,16-40-28(37)17-6-7-17)22(31)14-23(35)33(3)27(31)26(36)25-21(43-33)13-20(41-30(25)39)19-5-4-12-34-15-19;1-14-16(10-7-11-17(14)15-8-5-4-6-9-15)13-29-21(28)20-18(22(20,2)3)12-19(24)23(25,26)27/h4-5,12-13,15,17-18,22-24,26-27,35-36H,6-11,14,16H2,1-3H3;4-12,18,20H,13H2,1-3H3/b;19-12-/t22-,23+,24+,26+,27-,31+,32+,33-;/m1./s1. The first kappa shape index (κ1) is 51.4. The molecule has 5 aliphatic carbocycles. The topological polar surface area (TPSA) is 172 Å². The second kappa shape index (κ2) is 19.1. The van der Waals surface area contributed by atoms with E-state index >= 15 is 0 Å². The number of pyridine rings is 1. The third-order valence-electron chi connectivity index (χ3n) is 16.8. The van der Waals surface area contributed by atoms with Crippen LogP contribution in [0.2, 0.25) is 0 Å². The number of fused-ring (bicyclic) bond motifs is 4.